The van der Waals surface area contributed by atoms with Gasteiger partial charge in [0.25, 0.3) is 0 Å². The van der Waals surface area contributed by atoms with E-state index in [0.29, 0.717) is 13.1 Å². The summed E-state index contributed by atoms with van der Waals surface area (Å²) < 4.78 is 1.97. The molecule has 2 rings (SSSR count). The van der Waals surface area contributed by atoms with Gasteiger partial charge in [0.2, 0.25) is 5.91 Å². The highest BCUT2D eigenvalue weighted by Crippen LogP contribution is 2.13. The van der Waals surface area contributed by atoms with Gasteiger partial charge in [-0.2, -0.15) is 5.10 Å². The monoisotopic (exact) mass is 463 g/mol. The number of hydrogen-bond acceptors (Lipinski definition) is 4. The SMILES string of the molecule is CN=C(NCCNC(=O)C(C)(C)C)NC1CCc2nc(C)nn2C1.I. The molecule has 0 aromatic carbocycles. The van der Waals surface area contributed by atoms with Crippen LogP contribution in [0.4, 0.5) is 0 Å². The topological polar surface area (TPSA) is 96.2 Å². The highest BCUT2D eigenvalue weighted by atomic mass is 127. The Hall–Kier alpha value is -1.39. The number of aliphatic imine (C=N–C) groups is 1. The lowest BCUT2D eigenvalue weighted by Crippen LogP contribution is -2.49. The number of nitrogens with zero attached hydrogens (tertiary/aromatic N) is 4. The Labute approximate surface area is 166 Å². The molecule has 0 saturated carbocycles. The predicted molar refractivity (Wildman–Crippen MR) is 109 cm³/mol. The zero-order chi connectivity index (χ0) is 17.7. The lowest BCUT2D eigenvalue weighted by molar-refractivity contribution is -0.128. The minimum Gasteiger partial charge on any atom is -0.355 e. The summed E-state index contributed by atoms with van der Waals surface area (Å²) in [6.07, 6.45) is 1.91. The predicted octanol–water partition coefficient (Wildman–Crippen LogP) is 0.847. The van der Waals surface area contributed by atoms with Crippen LogP contribution in [0.1, 0.15) is 38.8 Å². The molecule has 0 spiro atoms. The Bertz CT molecular complexity index is 606. The molecular formula is C16H30IN7O. The van der Waals surface area contributed by atoms with E-state index in [4.69, 9.17) is 0 Å². The van der Waals surface area contributed by atoms with E-state index >= 15 is 0 Å². The first kappa shape index (κ1) is 21.7. The minimum absolute atomic E-state index is 0. The van der Waals surface area contributed by atoms with Crippen LogP contribution in [-0.4, -0.2) is 52.8 Å². The number of aryl methyl sites for hydroxylation is 2. The highest BCUT2D eigenvalue weighted by molar-refractivity contribution is 14.0. The Morgan fingerprint density at radius 2 is 2.00 bits per heavy atom. The number of aromatic nitrogens is 3. The number of hydrogen-bond donors (Lipinski definition) is 3. The average molecular weight is 463 g/mol. The molecule has 8 nitrogen and oxygen atoms in total. The summed E-state index contributed by atoms with van der Waals surface area (Å²) in [6.45, 7) is 9.60. The number of guanidine groups is 1. The second kappa shape index (κ2) is 9.35. The fraction of sp³-hybridized carbons (Fsp3) is 0.750. The van der Waals surface area contributed by atoms with Crippen molar-refractivity contribution in [1.29, 1.82) is 0 Å². The molecule has 0 bridgehead atoms. The summed E-state index contributed by atoms with van der Waals surface area (Å²) in [4.78, 5) is 20.5. The van der Waals surface area contributed by atoms with E-state index in [0.717, 1.165) is 37.0 Å². The van der Waals surface area contributed by atoms with Gasteiger partial charge in [-0.05, 0) is 13.3 Å². The van der Waals surface area contributed by atoms with Gasteiger partial charge in [0, 0.05) is 38.0 Å². The van der Waals surface area contributed by atoms with Crippen LogP contribution in [0.5, 0.6) is 0 Å². The van der Waals surface area contributed by atoms with Crippen LogP contribution in [0.25, 0.3) is 0 Å². The van der Waals surface area contributed by atoms with Gasteiger partial charge in [-0.1, -0.05) is 20.8 Å². The fourth-order valence-corrected chi connectivity index (χ4v) is 2.56. The smallest absolute Gasteiger partial charge is 0.225 e. The largest absolute Gasteiger partial charge is 0.355 e. The molecule has 1 amide bonds. The van der Waals surface area contributed by atoms with E-state index in [2.05, 4.69) is 31.0 Å². The molecule has 1 unspecified atom stereocenters. The quantitative estimate of drug-likeness (QED) is 0.266. The maximum absolute atomic E-state index is 11.8. The molecule has 1 aromatic rings. The summed E-state index contributed by atoms with van der Waals surface area (Å²) in [5.74, 6) is 2.67. The van der Waals surface area contributed by atoms with Gasteiger partial charge in [-0.15, -0.1) is 24.0 Å². The maximum atomic E-state index is 11.8. The molecular weight excluding hydrogens is 433 g/mol. The van der Waals surface area contributed by atoms with Crippen LogP contribution in [0, 0.1) is 12.3 Å². The van der Waals surface area contributed by atoms with Crippen molar-refractivity contribution in [2.24, 2.45) is 10.4 Å². The summed E-state index contributed by atoms with van der Waals surface area (Å²) >= 11 is 0. The van der Waals surface area contributed by atoms with Gasteiger partial charge in [-0.3, -0.25) is 9.79 Å². The van der Waals surface area contributed by atoms with Crippen LogP contribution in [0.15, 0.2) is 4.99 Å². The number of fused-ring (bicyclic) bond motifs is 1. The summed E-state index contributed by atoms with van der Waals surface area (Å²) in [5, 5.41) is 14.0. The number of amides is 1. The molecule has 1 atom stereocenters. The van der Waals surface area contributed by atoms with Crippen molar-refractivity contribution in [3.05, 3.63) is 11.6 Å². The molecule has 0 aliphatic carbocycles. The van der Waals surface area contributed by atoms with Crippen molar-refractivity contribution < 1.29 is 4.79 Å². The van der Waals surface area contributed by atoms with Crippen LogP contribution in [0.3, 0.4) is 0 Å². The number of carbonyl (C=O) groups excluding carboxylic acids is 1. The normalized spacial score (nSPS) is 17.3. The van der Waals surface area contributed by atoms with E-state index in [1.807, 2.05) is 32.4 Å². The van der Waals surface area contributed by atoms with E-state index < -0.39 is 0 Å². The number of rotatable bonds is 4. The Morgan fingerprint density at radius 1 is 1.32 bits per heavy atom. The first-order valence-electron chi connectivity index (χ1n) is 8.45. The zero-order valence-electron chi connectivity index (χ0n) is 15.7. The molecule has 1 aliphatic rings. The second-order valence-electron chi connectivity index (χ2n) is 7.14. The third-order valence-electron chi connectivity index (χ3n) is 3.91. The molecule has 1 aliphatic heterocycles. The molecule has 0 radical (unpaired) electrons. The van der Waals surface area contributed by atoms with Gasteiger partial charge in [0.1, 0.15) is 11.6 Å². The van der Waals surface area contributed by atoms with Crippen LogP contribution in [0.2, 0.25) is 0 Å². The third-order valence-corrected chi connectivity index (χ3v) is 3.91. The summed E-state index contributed by atoms with van der Waals surface area (Å²) in [7, 11) is 1.75. The van der Waals surface area contributed by atoms with Gasteiger partial charge in [0.05, 0.1) is 6.54 Å². The molecule has 9 heteroatoms. The molecule has 2 heterocycles. The molecule has 0 fully saturated rings. The van der Waals surface area contributed by atoms with Crippen molar-refractivity contribution in [3.63, 3.8) is 0 Å². The fourth-order valence-electron chi connectivity index (χ4n) is 2.56. The maximum Gasteiger partial charge on any atom is 0.225 e. The van der Waals surface area contributed by atoms with Gasteiger partial charge in [-0.25, -0.2) is 9.67 Å². The van der Waals surface area contributed by atoms with Crippen molar-refractivity contribution >= 4 is 35.8 Å². The van der Waals surface area contributed by atoms with Crippen molar-refractivity contribution in [1.82, 2.24) is 30.7 Å². The average Bonchev–Trinajstić information content (AvgIpc) is 2.88. The van der Waals surface area contributed by atoms with Gasteiger partial charge < -0.3 is 16.0 Å². The van der Waals surface area contributed by atoms with E-state index in [1.165, 1.54) is 0 Å². The first-order valence-corrected chi connectivity index (χ1v) is 8.45. The number of halogens is 1. The second-order valence-corrected chi connectivity index (χ2v) is 7.14. The number of carbonyl (C=O) groups is 1. The van der Waals surface area contributed by atoms with Gasteiger partial charge in [0.15, 0.2) is 5.96 Å². The Morgan fingerprint density at radius 3 is 2.64 bits per heavy atom. The molecule has 142 valence electrons. The minimum atomic E-state index is -0.365. The van der Waals surface area contributed by atoms with Gasteiger partial charge >= 0.3 is 0 Å². The lowest BCUT2D eigenvalue weighted by atomic mass is 9.96. The van der Waals surface area contributed by atoms with E-state index in [9.17, 15) is 4.79 Å². The van der Waals surface area contributed by atoms with Crippen LogP contribution < -0.4 is 16.0 Å². The number of nitrogens with one attached hydrogen (secondary N) is 3. The molecule has 0 saturated heterocycles. The van der Waals surface area contributed by atoms with Crippen molar-refractivity contribution in [3.8, 4) is 0 Å². The Kier molecular flexibility index (Phi) is 8.10. The lowest BCUT2D eigenvalue weighted by Gasteiger charge is -2.25. The van der Waals surface area contributed by atoms with Crippen molar-refractivity contribution in [2.75, 3.05) is 20.1 Å². The van der Waals surface area contributed by atoms with Crippen molar-refractivity contribution in [2.45, 2.75) is 53.1 Å². The molecule has 25 heavy (non-hydrogen) atoms. The van der Waals surface area contributed by atoms with Crippen LogP contribution in [-0.2, 0) is 17.8 Å². The molecule has 1 aromatic heterocycles. The highest BCUT2D eigenvalue weighted by Gasteiger charge is 2.22. The summed E-state index contributed by atoms with van der Waals surface area (Å²) in [6, 6.07) is 0.272. The summed E-state index contributed by atoms with van der Waals surface area (Å²) in [5.41, 5.74) is -0.365. The van der Waals surface area contributed by atoms with Crippen LogP contribution >= 0.6 is 24.0 Å². The van der Waals surface area contributed by atoms with E-state index in [-0.39, 0.29) is 41.3 Å². The third kappa shape index (κ3) is 6.44. The Balaban J connectivity index is 0.00000312. The zero-order valence-corrected chi connectivity index (χ0v) is 18.0. The standard InChI is InChI=1S/C16H29N7O.HI/c1-11-20-13-7-6-12(10-23(13)22-11)21-15(17-5)19-9-8-18-14(24)16(2,3)4;/h12H,6-10H2,1-5H3,(H,18,24)(H2,17,19,21);1H. The molecule has 3 N–H and O–H groups in total. The first-order chi connectivity index (χ1) is 11.3. The van der Waals surface area contributed by atoms with E-state index in [1.54, 1.807) is 7.05 Å².